The molecule has 3 rings (SSSR count). The van der Waals surface area contributed by atoms with E-state index in [0.717, 1.165) is 56.4 Å². The minimum atomic E-state index is 0.193. The van der Waals surface area contributed by atoms with Crippen LogP contribution in [0.4, 0.5) is 0 Å². The molecular weight excluding hydrogens is 312 g/mol. The second-order valence-electron chi connectivity index (χ2n) is 6.75. The lowest BCUT2D eigenvalue weighted by molar-refractivity contribution is -0.130. The molecule has 0 spiro atoms. The molecular formula is C17H25ClN4O. The van der Waals surface area contributed by atoms with Crippen LogP contribution in [0.15, 0.2) is 18.5 Å². The normalized spacial score (nSPS) is 26.7. The van der Waals surface area contributed by atoms with Crippen molar-refractivity contribution in [1.29, 1.82) is 0 Å². The number of nitrogens with zero attached hydrogens (tertiary/aromatic N) is 4. The van der Waals surface area contributed by atoms with Crippen LogP contribution in [-0.2, 0) is 11.3 Å². The van der Waals surface area contributed by atoms with Gasteiger partial charge in [0, 0.05) is 71.2 Å². The summed E-state index contributed by atoms with van der Waals surface area (Å²) in [6, 6.07) is 2.58. The van der Waals surface area contributed by atoms with Crippen molar-refractivity contribution in [2.75, 3.05) is 39.3 Å². The zero-order chi connectivity index (χ0) is 16.4. The average Bonchev–Trinajstić information content (AvgIpc) is 2.90. The molecule has 5 nitrogen and oxygen atoms in total. The fourth-order valence-electron chi connectivity index (χ4n) is 3.79. The van der Waals surface area contributed by atoms with Crippen molar-refractivity contribution >= 4 is 17.5 Å². The van der Waals surface area contributed by atoms with Gasteiger partial charge in [0.15, 0.2) is 0 Å². The fourth-order valence-corrected chi connectivity index (χ4v) is 3.97. The minimum Gasteiger partial charge on any atom is -0.340 e. The van der Waals surface area contributed by atoms with E-state index in [-0.39, 0.29) is 5.91 Å². The molecule has 2 aliphatic rings. The van der Waals surface area contributed by atoms with Crippen LogP contribution in [0, 0.1) is 5.92 Å². The molecule has 0 unspecified atom stereocenters. The lowest BCUT2D eigenvalue weighted by Gasteiger charge is -2.39. The number of piperazine rings is 1. The summed E-state index contributed by atoms with van der Waals surface area (Å²) in [7, 11) is 0. The SMILES string of the molecule is CC(=O)N1CCN([C@H]2CN(Cc3ccncc3Cl)C[C@H]2C)CC1. The first-order chi connectivity index (χ1) is 11.0. The van der Waals surface area contributed by atoms with Crippen LogP contribution < -0.4 is 0 Å². The second-order valence-corrected chi connectivity index (χ2v) is 7.16. The molecule has 1 aromatic heterocycles. The fraction of sp³-hybridized carbons (Fsp3) is 0.647. The van der Waals surface area contributed by atoms with Gasteiger partial charge in [0.2, 0.25) is 5.91 Å². The molecule has 0 aromatic carbocycles. The van der Waals surface area contributed by atoms with Crippen LogP contribution in [0.3, 0.4) is 0 Å². The van der Waals surface area contributed by atoms with Crippen LogP contribution in [0.25, 0.3) is 0 Å². The summed E-state index contributed by atoms with van der Waals surface area (Å²) in [6.07, 6.45) is 3.52. The summed E-state index contributed by atoms with van der Waals surface area (Å²) in [6.45, 7) is 10.7. The topological polar surface area (TPSA) is 39.7 Å². The molecule has 126 valence electrons. The van der Waals surface area contributed by atoms with E-state index in [0.29, 0.717) is 12.0 Å². The van der Waals surface area contributed by atoms with Crippen LogP contribution in [0.2, 0.25) is 5.02 Å². The monoisotopic (exact) mass is 336 g/mol. The van der Waals surface area contributed by atoms with Gasteiger partial charge in [-0.15, -0.1) is 0 Å². The number of carbonyl (C=O) groups is 1. The van der Waals surface area contributed by atoms with E-state index in [1.807, 2.05) is 11.0 Å². The third-order valence-electron chi connectivity index (χ3n) is 5.13. The summed E-state index contributed by atoms with van der Waals surface area (Å²) >= 11 is 6.23. The number of rotatable bonds is 3. The number of halogens is 1. The van der Waals surface area contributed by atoms with Crippen molar-refractivity contribution in [2.45, 2.75) is 26.4 Å². The Morgan fingerprint density at radius 1 is 1.30 bits per heavy atom. The van der Waals surface area contributed by atoms with Crippen molar-refractivity contribution in [2.24, 2.45) is 5.92 Å². The van der Waals surface area contributed by atoms with Gasteiger partial charge in [-0.25, -0.2) is 0 Å². The van der Waals surface area contributed by atoms with Crippen LogP contribution in [0.1, 0.15) is 19.4 Å². The predicted octanol–water partition coefficient (Wildman–Crippen LogP) is 1.72. The van der Waals surface area contributed by atoms with E-state index in [4.69, 9.17) is 11.6 Å². The number of carbonyl (C=O) groups excluding carboxylic acids is 1. The van der Waals surface area contributed by atoms with Crippen molar-refractivity contribution in [3.05, 3.63) is 29.0 Å². The van der Waals surface area contributed by atoms with Gasteiger partial charge in [0.1, 0.15) is 0 Å². The van der Waals surface area contributed by atoms with Gasteiger partial charge in [-0.2, -0.15) is 0 Å². The second kappa shape index (κ2) is 7.16. The maximum absolute atomic E-state index is 11.5. The zero-order valence-electron chi connectivity index (χ0n) is 13.9. The summed E-state index contributed by atoms with van der Waals surface area (Å²) < 4.78 is 0. The summed E-state index contributed by atoms with van der Waals surface area (Å²) in [5, 5.41) is 0.749. The maximum Gasteiger partial charge on any atom is 0.219 e. The van der Waals surface area contributed by atoms with Gasteiger partial charge in [0.25, 0.3) is 0 Å². The first kappa shape index (κ1) is 16.7. The minimum absolute atomic E-state index is 0.193. The first-order valence-electron chi connectivity index (χ1n) is 8.35. The number of hydrogen-bond acceptors (Lipinski definition) is 4. The van der Waals surface area contributed by atoms with Gasteiger partial charge in [0.05, 0.1) is 5.02 Å². The molecule has 0 aliphatic carbocycles. The van der Waals surface area contributed by atoms with E-state index in [1.54, 1.807) is 19.3 Å². The molecule has 0 saturated carbocycles. The first-order valence-corrected chi connectivity index (χ1v) is 8.72. The Labute approximate surface area is 143 Å². The predicted molar refractivity (Wildman–Crippen MR) is 91.3 cm³/mol. The Bertz CT molecular complexity index is 559. The Kier molecular flexibility index (Phi) is 5.19. The van der Waals surface area contributed by atoms with Crippen molar-refractivity contribution in [3.63, 3.8) is 0 Å². The third-order valence-corrected chi connectivity index (χ3v) is 5.47. The number of hydrogen-bond donors (Lipinski definition) is 0. The highest BCUT2D eigenvalue weighted by atomic mass is 35.5. The van der Waals surface area contributed by atoms with Crippen molar-refractivity contribution < 1.29 is 4.79 Å². The Balaban J connectivity index is 1.57. The number of amides is 1. The van der Waals surface area contributed by atoms with Gasteiger partial charge < -0.3 is 4.90 Å². The van der Waals surface area contributed by atoms with Gasteiger partial charge in [-0.1, -0.05) is 18.5 Å². The molecule has 2 saturated heterocycles. The molecule has 0 radical (unpaired) electrons. The highest BCUT2D eigenvalue weighted by molar-refractivity contribution is 6.31. The zero-order valence-corrected chi connectivity index (χ0v) is 14.7. The third kappa shape index (κ3) is 3.84. The Morgan fingerprint density at radius 2 is 2.04 bits per heavy atom. The van der Waals surface area contributed by atoms with Gasteiger partial charge >= 0.3 is 0 Å². The molecule has 1 amide bonds. The van der Waals surface area contributed by atoms with E-state index in [1.165, 1.54) is 0 Å². The van der Waals surface area contributed by atoms with Crippen LogP contribution in [0.5, 0.6) is 0 Å². The maximum atomic E-state index is 11.5. The Hall–Kier alpha value is -1.17. The molecule has 0 bridgehead atoms. The lowest BCUT2D eigenvalue weighted by Crippen LogP contribution is -2.53. The smallest absolute Gasteiger partial charge is 0.219 e. The van der Waals surface area contributed by atoms with Crippen LogP contribution in [-0.4, -0.2) is 70.9 Å². The molecule has 6 heteroatoms. The van der Waals surface area contributed by atoms with E-state index >= 15 is 0 Å². The number of aromatic nitrogens is 1. The summed E-state index contributed by atoms with van der Waals surface area (Å²) in [4.78, 5) is 22.5. The van der Waals surface area contributed by atoms with E-state index < -0.39 is 0 Å². The number of likely N-dealkylation sites (tertiary alicyclic amines) is 1. The standard InChI is InChI=1S/C17H25ClN4O/c1-13-10-20(11-15-3-4-19-9-16(15)18)12-17(13)22-7-5-21(6-8-22)14(2)23/h3-4,9,13,17H,5-8,10-12H2,1-2H3/t13-,17+/m1/s1. The highest BCUT2D eigenvalue weighted by Gasteiger charge is 2.35. The summed E-state index contributed by atoms with van der Waals surface area (Å²) in [5.74, 6) is 0.831. The molecule has 2 fully saturated rings. The van der Waals surface area contributed by atoms with E-state index in [2.05, 4.69) is 21.7 Å². The highest BCUT2D eigenvalue weighted by Crippen LogP contribution is 2.26. The molecule has 2 atom stereocenters. The average molecular weight is 337 g/mol. The van der Waals surface area contributed by atoms with E-state index in [9.17, 15) is 4.79 Å². The molecule has 23 heavy (non-hydrogen) atoms. The quantitative estimate of drug-likeness (QED) is 0.842. The van der Waals surface area contributed by atoms with Gasteiger partial charge in [-0.05, 0) is 17.5 Å². The van der Waals surface area contributed by atoms with Crippen molar-refractivity contribution in [1.82, 2.24) is 19.7 Å². The molecule has 2 aliphatic heterocycles. The lowest BCUT2D eigenvalue weighted by atomic mass is 10.0. The molecule has 3 heterocycles. The van der Waals surface area contributed by atoms with Crippen LogP contribution >= 0.6 is 11.6 Å². The Morgan fingerprint density at radius 3 is 2.70 bits per heavy atom. The van der Waals surface area contributed by atoms with Crippen molar-refractivity contribution in [3.8, 4) is 0 Å². The summed E-state index contributed by atoms with van der Waals surface area (Å²) in [5.41, 5.74) is 1.15. The molecule has 1 aromatic rings. The number of pyridine rings is 1. The van der Waals surface area contributed by atoms with Gasteiger partial charge in [-0.3, -0.25) is 19.6 Å². The molecule has 0 N–H and O–H groups in total. The largest absolute Gasteiger partial charge is 0.340 e.